The standard InChI is InChI=1S/C45H32N2/c1-45(2)39-17-9-6-14-33(39)34-23-22-32(28-40(34)45)47-42-19-11-8-16-36(42)38-27-30(21-25-44(38)47)29-20-24-43-37(26-29)35-15-7-10-18-41(35)46(43)31-12-4-3-5-13-31/h3-28H,1-2H3/i1D3,2D3,3D,4D,5D,6D,9D,12D,13D,14D,17D,22D,23D,28D. The second-order valence-electron chi connectivity index (χ2n) is 11.6. The Balaban J connectivity index is 1.24. The smallest absolute Gasteiger partial charge is 0.0648 e. The highest BCUT2D eigenvalue weighted by atomic mass is 15.0. The molecule has 0 fully saturated rings. The largest absolute Gasteiger partial charge is 0.309 e. The molecular formula is C45H32N2. The van der Waals surface area contributed by atoms with E-state index >= 15 is 0 Å². The molecule has 9 aromatic rings. The van der Waals surface area contributed by atoms with E-state index in [2.05, 4.69) is 0 Å². The SMILES string of the molecule is [2H]c1c([2H])c([2H])c(-n2c3ccccc3c3cc(-c4ccc5c(c4)c4ccccc4n5-c4c([2H])c([2H])c5c(c4[2H])C(C([2H])([2H])[2H])(C([2H])([2H])[2H])c4c([2H])c([2H])c([2H])c([2H])c4-5)ccc32)c([2H])c1[2H]. The molecule has 0 spiro atoms. The van der Waals surface area contributed by atoms with Crippen molar-refractivity contribution >= 4 is 43.6 Å². The topological polar surface area (TPSA) is 9.86 Å². The van der Waals surface area contributed by atoms with Crippen LogP contribution in [0.1, 0.15) is 49.5 Å². The van der Waals surface area contributed by atoms with Crippen molar-refractivity contribution in [2.75, 3.05) is 0 Å². The van der Waals surface area contributed by atoms with Crippen molar-refractivity contribution in [3.05, 3.63) is 169 Å². The molecule has 7 aromatic carbocycles. The molecule has 0 atom stereocenters. The highest BCUT2D eigenvalue weighted by Gasteiger charge is 2.35. The summed E-state index contributed by atoms with van der Waals surface area (Å²) in [5.74, 6) is 0. The molecular weight excluding hydrogens is 569 g/mol. The highest BCUT2D eigenvalue weighted by molar-refractivity contribution is 6.12. The Hall–Kier alpha value is -5.86. The quantitative estimate of drug-likeness (QED) is 0.186. The van der Waals surface area contributed by atoms with Crippen molar-refractivity contribution in [1.29, 1.82) is 0 Å². The van der Waals surface area contributed by atoms with Crippen LogP contribution >= 0.6 is 0 Å². The summed E-state index contributed by atoms with van der Waals surface area (Å²) in [5, 5.41) is 2.75. The summed E-state index contributed by atoms with van der Waals surface area (Å²) in [5.41, 5.74) is -2.46. The molecule has 0 radical (unpaired) electrons. The maximum Gasteiger partial charge on any atom is 0.0648 e. The first-order chi connectivity index (χ1) is 30.6. The van der Waals surface area contributed by atoms with Crippen molar-refractivity contribution in [2.24, 2.45) is 0 Å². The van der Waals surface area contributed by atoms with Crippen LogP contribution in [-0.4, -0.2) is 9.13 Å². The van der Waals surface area contributed by atoms with Gasteiger partial charge in [0.25, 0.3) is 0 Å². The third-order valence-corrected chi connectivity index (χ3v) is 9.10. The molecule has 222 valence electrons. The van der Waals surface area contributed by atoms with Gasteiger partial charge in [-0.05, 0) is 93.9 Å². The zero-order valence-corrected chi connectivity index (χ0v) is 24.5. The summed E-state index contributed by atoms with van der Waals surface area (Å²) >= 11 is 0. The number of rotatable bonds is 3. The number of para-hydroxylation sites is 3. The van der Waals surface area contributed by atoms with E-state index in [9.17, 15) is 4.11 Å². The van der Waals surface area contributed by atoms with Crippen LogP contribution in [0.5, 0.6) is 0 Å². The lowest BCUT2D eigenvalue weighted by atomic mass is 9.82. The van der Waals surface area contributed by atoms with Crippen LogP contribution in [0, 0.1) is 0 Å². The van der Waals surface area contributed by atoms with Crippen LogP contribution in [0.2, 0.25) is 0 Å². The molecule has 1 aliphatic rings. The number of benzene rings is 7. The zero-order chi connectivity index (χ0) is 46.7. The van der Waals surface area contributed by atoms with E-state index in [0.717, 1.165) is 21.9 Å². The van der Waals surface area contributed by atoms with E-state index in [0.29, 0.717) is 32.8 Å². The van der Waals surface area contributed by atoms with E-state index in [-0.39, 0.29) is 23.5 Å². The summed E-state index contributed by atoms with van der Waals surface area (Å²) in [4.78, 5) is 0. The van der Waals surface area contributed by atoms with Gasteiger partial charge >= 0.3 is 0 Å². The summed E-state index contributed by atoms with van der Waals surface area (Å²) in [6, 6.07) is 17.9. The normalized spacial score (nSPS) is 19.5. The van der Waals surface area contributed by atoms with Crippen molar-refractivity contribution in [2.45, 2.75) is 19.1 Å². The van der Waals surface area contributed by atoms with Crippen molar-refractivity contribution in [3.8, 4) is 33.6 Å². The zero-order valence-electron chi connectivity index (χ0n) is 42.5. The molecule has 0 N–H and O–H groups in total. The molecule has 0 aliphatic heterocycles. The third-order valence-electron chi connectivity index (χ3n) is 9.10. The summed E-state index contributed by atoms with van der Waals surface area (Å²) in [7, 11) is 0. The molecule has 0 amide bonds. The van der Waals surface area contributed by atoms with E-state index in [1.54, 1.807) is 41.0 Å². The predicted octanol–water partition coefficient (Wildman–Crippen LogP) is 11.9. The molecule has 47 heavy (non-hydrogen) atoms. The monoisotopic (exact) mass is 618 g/mol. The molecule has 2 heterocycles. The van der Waals surface area contributed by atoms with Crippen LogP contribution in [-0.2, 0) is 5.41 Å². The van der Waals surface area contributed by atoms with Crippen molar-refractivity contribution in [3.63, 3.8) is 0 Å². The van der Waals surface area contributed by atoms with Gasteiger partial charge in [0.1, 0.15) is 0 Å². The van der Waals surface area contributed by atoms with E-state index in [1.165, 1.54) is 4.57 Å². The molecule has 0 bridgehead atoms. The maximum absolute atomic E-state index is 9.78. The Bertz CT molecular complexity index is 3570. The average molecular weight is 619 g/mol. The summed E-state index contributed by atoms with van der Waals surface area (Å²) in [6.45, 7) is -7.09. The number of aromatic nitrogens is 2. The lowest BCUT2D eigenvalue weighted by molar-refractivity contribution is 0.660. The van der Waals surface area contributed by atoms with Gasteiger partial charge in [-0.3, -0.25) is 0 Å². The highest BCUT2D eigenvalue weighted by Crippen LogP contribution is 2.49. The van der Waals surface area contributed by atoms with Crippen LogP contribution in [0.15, 0.2) is 157 Å². The molecule has 0 saturated carbocycles. The Labute approximate surface area is 299 Å². The van der Waals surface area contributed by atoms with Crippen LogP contribution < -0.4 is 0 Å². The Morgan fingerprint density at radius 2 is 1.04 bits per heavy atom. The second-order valence-corrected chi connectivity index (χ2v) is 11.6. The first-order valence-corrected chi connectivity index (χ1v) is 15.0. The molecule has 10 rings (SSSR count). The third kappa shape index (κ3) is 3.67. The Kier molecular flexibility index (Phi) is 2.91. The molecule has 0 unspecified atom stereocenters. The van der Waals surface area contributed by atoms with Crippen LogP contribution in [0.3, 0.4) is 0 Å². The van der Waals surface area contributed by atoms with Crippen LogP contribution in [0.25, 0.3) is 77.2 Å². The van der Waals surface area contributed by atoms with Gasteiger partial charge in [-0.25, -0.2) is 0 Å². The van der Waals surface area contributed by atoms with Gasteiger partial charge in [0.05, 0.1) is 38.5 Å². The minimum Gasteiger partial charge on any atom is -0.309 e. The fraction of sp³-hybridized carbons (Fsp3) is 0.0667. The second kappa shape index (κ2) is 9.57. The number of hydrogen-bond acceptors (Lipinski definition) is 0. The van der Waals surface area contributed by atoms with Gasteiger partial charge in [0, 0.05) is 46.6 Å². The number of fused-ring (bicyclic) bond motifs is 9. The molecule has 2 heteroatoms. The van der Waals surface area contributed by atoms with Crippen molar-refractivity contribution in [1.82, 2.24) is 9.13 Å². The Morgan fingerprint density at radius 3 is 1.70 bits per heavy atom. The first kappa shape index (κ1) is 14.3. The Morgan fingerprint density at radius 1 is 0.489 bits per heavy atom. The van der Waals surface area contributed by atoms with E-state index < -0.39 is 102 Å². The van der Waals surface area contributed by atoms with Gasteiger partial charge in [-0.1, -0.05) is 111 Å². The number of hydrogen-bond donors (Lipinski definition) is 0. The fourth-order valence-electron chi connectivity index (χ4n) is 7.03. The van der Waals surface area contributed by atoms with Gasteiger partial charge < -0.3 is 9.13 Å². The van der Waals surface area contributed by atoms with Crippen LogP contribution in [0.4, 0.5) is 0 Å². The maximum atomic E-state index is 9.78. The van der Waals surface area contributed by atoms with Gasteiger partial charge in [-0.2, -0.15) is 0 Å². The summed E-state index contributed by atoms with van der Waals surface area (Å²) < 4.78 is 161. The fourth-order valence-corrected chi connectivity index (χ4v) is 7.03. The van der Waals surface area contributed by atoms with Gasteiger partial charge in [0.2, 0.25) is 0 Å². The average Bonchev–Trinajstić information content (AvgIpc) is 3.91. The lowest BCUT2D eigenvalue weighted by Gasteiger charge is -2.22. The minimum absolute atomic E-state index is 0.00972. The predicted molar refractivity (Wildman–Crippen MR) is 198 cm³/mol. The van der Waals surface area contributed by atoms with E-state index in [4.69, 9.17) is 20.6 Å². The van der Waals surface area contributed by atoms with Crippen molar-refractivity contribution < 1.29 is 24.7 Å². The van der Waals surface area contributed by atoms with E-state index in [1.807, 2.05) is 48.5 Å². The summed E-state index contributed by atoms with van der Waals surface area (Å²) in [6.07, 6.45) is 0. The first-order valence-electron chi connectivity index (χ1n) is 24.0. The lowest BCUT2D eigenvalue weighted by Crippen LogP contribution is -2.15. The molecule has 1 aliphatic carbocycles. The van der Waals surface area contributed by atoms with Gasteiger partial charge in [0.15, 0.2) is 0 Å². The molecule has 0 saturated heterocycles. The van der Waals surface area contributed by atoms with Gasteiger partial charge in [-0.15, -0.1) is 0 Å². The minimum atomic E-state index is -3.54. The molecule has 2 nitrogen and oxygen atoms in total. The molecule has 2 aromatic heterocycles. The number of nitrogens with zero attached hydrogens (tertiary/aromatic N) is 2.